The molecule has 0 spiro atoms. The number of fused-ring (bicyclic) bond motifs is 1. The van der Waals surface area contributed by atoms with Crippen molar-refractivity contribution in [3.63, 3.8) is 0 Å². The van der Waals surface area contributed by atoms with E-state index in [0.717, 1.165) is 31.2 Å². The molecule has 0 aliphatic carbocycles. The summed E-state index contributed by atoms with van der Waals surface area (Å²) in [5.41, 5.74) is 0.993. The molecule has 2 aromatic carbocycles. The number of tetrazole rings is 1. The molecule has 2 aromatic heterocycles. The summed E-state index contributed by atoms with van der Waals surface area (Å²) in [6.45, 7) is 1.98. The molecule has 7 nitrogen and oxygen atoms in total. The number of rotatable bonds is 5. The summed E-state index contributed by atoms with van der Waals surface area (Å²) in [7, 11) is 1.63. The van der Waals surface area contributed by atoms with E-state index >= 15 is 0 Å². The molecule has 0 bridgehead atoms. The maximum Gasteiger partial charge on any atom is 0.269 e. The number of hydrogen-bond donors (Lipinski definition) is 2. The number of carbonyl (C=O) groups excluding carboxylic acids is 1. The first-order valence-corrected chi connectivity index (χ1v) is 10.2. The lowest BCUT2D eigenvalue weighted by molar-refractivity contribution is 0.102. The van der Waals surface area contributed by atoms with Gasteiger partial charge in [0.2, 0.25) is 5.95 Å². The minimum absolute atomic E-state index is 0.190. The number of methoxy groups -OCH3 is 1. The average molecular weight is 432 g/mol. The predicted molar refractivity (Wildman–Crippen MR) is 111 cm³/mol. The van der Waals surface area contributed by atoms with Gasteiger partial charge in [0, 0.05) is 24.9 Å². The average Bonchev–Trinajstić information content (AvgIpc) is 3.29. The van der Waals surface area contributed by atoms with Crippen molar-refractivity contribution in [3.8, 4) is 5.75 Å². The van der Waals surface area contributed by atoms with Gasteiger partial charge in [-0.1, -0.05) is 34.5 Å². The Hall–Kier alpha value is -2.62. The van der Waals surface area contributed by atoms with Gasteiger partial charge in [0.1, 0.15) is 10.6 Å². The Morgan fingerprint density at radius 1 is 1.32 bits per heavy atom. The number of benzene rings is 2. The van der Waals surface area contributed by atoms with Crippen molar-refractivity contribution in [1.29, 1.82) is 0 Å². The van der Waals surface area contributed by atoms with Gasteiger partial charge in [-0.25, -0.2) is 5.10 Å². The fraction of sp³-hybridized carbons (Fsp3) is 0.111. The minimum atomic E-state index is -0.291. The summed E-state index contributed by atoms with van der Waals surface area (Å²) in [5.74, 6) is 0.676. The monoisotopic (exact) mass is 431 g/mol. The van der Waals surface area contributed by atoms with Crippen LogP contribution >= 0.6 is 34.7 Å². The molecular formula is C18H14ClN5O2S2. The largest absolute Gasteiger partial charge is 0.496 e. The van der Waals surface area contributed by atoms with E-state index in [1.165, 1.54) is 23.1 Å². The Morgan fingerprint density at radius 3 is 2.89 bits per heavy atom. The SMILES string of the molecule is COc1cc2sc(C(=O)Nc3nnn[nH]3)c(Sc3cccc(Cl)c3)c2cc1C. The number of nitrogens with zero attached hydrogens (tertiary/aromatic N) is 3. The summed E-state index contributed by atoms with van der Waals surface area (Å²) in [6.07, 6.45) is 0. The van der Waals surface area contributed by atoms with Gasteiger partial charge in [0.15, 0.2) is 0 Å². The molecule has 0 unspecified atom stereocenters. The van der Waals surface area contributed by atoms with Crippen LogP contribution in [0.5, 0.6) is 5.75 Å². The van der Waals surface area contributed by atoms with E-state index in [2.05, 4.69) is 25.9 Å². The van der Waals surface area contributed by atoms with Crippen LogP contribution in [0.1, 0.15) is 15.2 Å². The number of hydrogen-bond acceptors (Lipinski definition) is 7. The number of anilines is 1. The van der Waals surface area contributed by atoms with Crippen LogP contribution in [0.25, 0.3) is 10.1 Å². The normalized spacial score (nSPS) is 11.0. The van der Waals surface area contributed by atoms with Gasteiger partial charge in [0.25, 0.3) is 5.91 Å². The van der Waals surface area contributed by atoms with E-state index in [0.29, 0.717) is 9.90 Å². The molecule has 0 saturated heterocycles. The highest BCUT2D eigenvalue weighted by Crippen LogP contribution is 2.44. The lowest BCUT2D eigenvalue weighted by atomic mass is 10.1. The van der Waals surface area contributed by atoms with Crippen molar-refractivity contribution in [2.45, 2.75) is 16.7 Å². The molecule has 2 N–H and O–H groups in total. The smallest absolute Gasteiger partial charge is 0.269 e. The number of halogens is 1. The van der Waals surface area contributed by atoms with E-state index in [4.69, 9.17) is 16.3 Å². The van der Waals surface area contributed by atoms with Gasteiger partial charge in [-0.3, -0.25) is 10.1 Å². The molecule has 1 amide bonds. The Bertz CT molecular complexity index is 1160. The molecule has 4 rings (SSSR count). The van der Waals surface area contributed by atoms with Crippen molar-refractivity contribution in [2.24, 2.45) is 0 Å². The van der Waals surface area contributed by atoms with Crippen molar-refractivity contribution >= 4 is 56.6 Å². The predicted octanol–water partition coefficient (Wildman–Crippen LogP) is 4.79. The zero-order valence-corrected chi connectivity index (χ0v) is 17.2. The standard InChI is InChI=1S/C18H14ClN5O2S2/c1-9-6-12-14(8-13(9)26-2)28-16(17(25)20-18-21-23-24-22-18)15(12)27-11-5-3-4-10(19)7-11/h3-8H,1-2H3,(H2,20,21,22,23,24,25). The van der Waals surface area contributed by atoms with Crippen LogP contribution in [0.4, 0.5) is 5.95 Å². The van der Waals surface area contributed by atoms with Crippen LogP contribution in [0.2, 0.25) is 5.02 Å². The molecule has 142 valence electrons. The highest BCUT2D eigenvalue weighted by Gasteiger charge is 2.22. The second kappa shape index (κ2) is 7.78. The number of amides is 1. The fourth-order valence-electron chi connectivity index (χ4n) is 2.71. The van der Waals surface area contributed by atoms with Crippen molar-refractivity contribution in [3.05, 3.63) is 51.9 Å². The van der Waals surface area contributed by atoms with Crippen LogP contribution in [0.3, 0.4) is 0 Å². The summed E-state index contributed by atoms with van der Waals surface area (Å²) in [6, 6.07) is 11.5. The Balaban J connectivity index is 1.83. The van der Waals surface area contributed by atoms with Gasteiger partial charge in [-0.2, -0.15) is 0 Å². The first kappa shape index (κ1) is 18.7. The topological polar surface area (TPSA) is 92.8 Å². The highest BCUT2D eigenvalue weighted by molar-refractivity contribution is 7.99. The molecule has 0 aliphatic rings. The van der Waals surface area contributed by atoms with Gasteiger partial charge in [0.05, 0.1) is 7.11 Å². The molecule has 0 saturated carbocycles. The van der Waals surface area contributed by atoms with Crippen LogP contribution in [0, 0.1) is 6.92 Å². The first-order valence-electron chi connectivity index (χ1n) is 8.15. The molecule has 0 radical (unpaired) electrons. The third-order valence-corrected chi connectivity index (χ3v) is 6.59. The van der Waals surface area contributed by atoms with E-state index in [-0.39, 0.29) is 11.9 Å². The van der Waals surface area contributed by atoms with E-state index in [1.54, 1.807) is 7.11 Å². The molecule has 2 heterocycles. The maximum absolute atomic E-state index is 12.9. The van der Waals surface area contributed by atoms with Crippen LogP contribution < -0.4 is 10.1 Å². The van der Waals surface area contributed by atoms with Crippen LogP contribution in [-0.4, -0.2) is 33.6 Å². The molecular weight excluding hydrogens is 418 g/mol. The van der Waals surface area contributed by atoms with E-state index in [9.17, 15) is 4.79 Å². The van der Waals surface area contributed by atoms with Gasteiger partial charge in [-0.15, -0.1) is 11.3 Å². The number of aromatic amines is 1. The maximum atomic E-state index is 12.9. The second-order valence-electron chi connectivity index (χ2n) is 5.84. The lowest BCUT2D eigenvalue weighted by Crippen LogP contribution is -2.12. The summed E-state index contributed by atoms with van der Waals surface area (Å²) in [4.78, 5) is 15.3. The number of aryl methyl sites for hydroxylation is 1. The quantitative estimate of drug-likeness (QED) is 0.472. The molecule has 4 aromatic rings. The van der Waals surface area contributed by atoms with Crippen molar-refractivity contribution < 1.29 is 9.53 Å². The number of H-pyrrole nitrogens is 1. The molecule has 10 heteroatoms. The van der Waals surface area contributed by atoms with Crippen molar-refractivity contribution in [1.82, 2.24) is 20.6 Å². The third kappa shape index (κ3) is 3.68. The zero-order chi connectivity index (χ0) is 19.7. The number of aromatic nitrogens is 4. The second-order valence-corrected chi connectivity index (χ2v) is 8.41. The molecule has 28 heavy (non-hydrogen) atoms. The Labute approximate surface area is 173 Å². The summed E-state index contributed by atoms with van der Waals surface area (Å²) in [5, 5.41) is 17.5. The zero-order valence-electron chi connectivity index (χ0n) is 14.8. The van der Waals surface area contributed by atoms with Gasteiger partial charge in [-0.05, 0) is 53.2 Å². The number of nitrogens with one attached hydrogen (secondary N) is 2. The number of carbonyl (C=O) groups is 1. The Morgan fingerprint density at radius 2 is 2.18 bits per heavy atom. The first-order chi connectivity index (χ1) is 13.5. The van der Waals surface area contributed by atoms with Crippen molar-refractivity contribution in [2.75, 3.05) is 12.4 Å². The van der Waals surface area contributed by atoms with E-state index < -0.39 is 0 Å². The summed E-state index contributed by atoms with van der Waals surface area (Å²) >= 11 is 9.01. The third-order valence-electron chi connectivity index (χ3n) is 3.96. The van der Waals surface area contributed by atoms with Gasteiger partial charge < -0.3 is 4.74 Å². The number of ether oxygens (including phenoxy) is 1. The molecule has 0 aliphatic heterocycles. The Kier molecular flexibility index (Phi) is 5.21. The molecule has 0 fully saturated rings. The fourth-order valence-corrected chi connectivity index (χ4v) is 5.31. The molecule has 0 atom stereocenters. The van der Waals surface area contributed by atoms with Crippen LogP contribution in [0.15, 0.2) is 46.2 Å². The lowest BCUT2D eigenvalue weighted by Gasteiger charge is -2.07. The summed E-state index contributed by atoms with van der Waals surface area (Å²) < 4.78 is 6.38. The number of thiophene rings is 1. The van der Waals surface area contributed by atoms with Crippen LogP contribution in [-0.2, 0) is 0 Å². The highest BCUT2D eigenvalue weighted by atomic mass is 35.5. The van der Waals surface area contributed by atoms with E-state index in [1.807, 2.05) is 43.3 Å². The van der Waals surface area contributed by atoms with Gasteiger partial charge >= 0.3 is 0 Å². The minimum Gasteiger partial charge on any atom is -0.496 e.